The van der Waals surface area contributed by atoms with Gasteiger partial charge in [0.25, 0.3) is 5.91 Å². The van der Waals surface area contributed by atoms with Gasteiger partial charge in [0.2, 0.25) is 0 Å². The molecule has 0 fully saturated rings. The molecule has 4 aromatic rings. The first-order valence-electron chi connectivity index (χ1n) is 8.92. The fraction of sp³-hybridized carbons (Fsp3) is 0.250. The van der Waals surface area contributed by atoms with E-state index in [4.69, 9.17) is 4.42 Å². The second-order valence-corrected chi connectivity index (χ2v) is 7.31. The standard InChI is InChI=1S/C20H21N5O3/c1-20(2,27)13-25-12-15(11-23-25)16-3-4-17(28-16)19(26)22-10-14-5-7-24-8-6-21-18(24)9-14/h3-9,11-12,27H,10,13H2,1-2H3,(H,22,26). The summed E-state index contributed by atoms with van der Waals surface area (Å²) < 4.78 is 9.22. The largest absolute Gasteiger partial charge is 0.451 e. The average molecular weight is 379 g/mol. The van der Waals surface area contributed by atoms with E-state index >= 15 is 0 Å². The Morgan fingerprint density at radius 2 is 2.14 bits per heavy atom. The number of imidazole rings is 1. The van der Waals surface area contributed by atoms with E-state index < -0.39 is 5.60 Å². The number of nitrogens with zero attached hydrogens (tertiary/aromatic N) is 4. The summed E-state index contributed by atoms with van der Waals surface area (Å²) in [6, 6.07) is 7.22. The van der Waals surface area contributed by atoms with Gasteiger partial charge in [-0.3, -0.25) is 9.48 Å². The van der Waals surface area contributed by atoms with Crippen molar-refractivity contribution in [2.75, 3.05) is 0 Å². The lowest BCUT2D eigenvalue weighted by Gasteiger charge is -2.16. The zero-order chi connectivity index (χ0) is 19.7. The van der Waals surface area contributed by atoms with Crippen molar-refractivity contribution in [3.63, 3.8) is 0 Å². The summed E-state index contributed by atoms with van der Waals surface area (Å²) in [4.78, 5) is 16.6. The van der Waals surface area contributed by atoms with E-state index in [1.54, 1.807) is 49.3 Å². The van der Waals surface area contributed by atoms with E-state index in [9.17, 15) is 9.90 Å². The predicted molar refractivity (Wildman–Crippen MR) is 103 cm³/mol. The van der Waals surface area contributed by atoms with Crippen LogP contribution in [0.15, 0.2) is 59.7 Å². The van der Waals surface area contributed by atoms with Crippen molar-refractivity contribution in [3.8, 4) is 11.3 Å². The zero-order valence-corrected chi connectivity index (χ0v) is 15.7. The Kier molecular flexibility index (Phi) is 4.48. The van der Waals surface area contributed by atoms with Gasteiger partial charge in [0.05, 0.1) is 23.9 Å². The minimum Gasteiger partial charge on any atom is -0.451 e. The maximum atomic E-state index is 12.4. The summed E-state index contributed by atoms with van der Waals surface area (Å²) in [5.41, 5.74) is 1.66. The highest BCUT2D eigenvalue weighted by atomic mass is 16.4. The van der Waals surface area contributed by atoms with Crippen molar-refractivity contribution in [2.45, 2.75) is 32.5 Å². The normalized spacial score (nSPS) is 11.8. The number of amides is 1. The number of hydrogen-bond acceptors (Lipinski definition) is 5. The van der Waals surface area contributed by atoms with Gasteiger partial charge in [-0.2, -0.15) is 5.10 Å². The van der Waals surface area contributed by atoms with Gasteiger partial charge < -0.3 is 19.2 Å². The summed E-state index contributed by atoms with van der Waals surface area (Å²) in [7, 11) is 0. The number of furan rings is 1. The van der Waals surface area contributed by atoms with Gasteiger partial charge in [0.15, 0.2) is 5.76 Å². The lowest BCUT2D eigenvalue weighted by Crippen LogP contribution is -2.26. The van der Waals surface area contributed by atoms with Crippen LogP contribution in [0.2, 0.25) is 0 Å². The number of pyridine rings is 1. The molecule has 4 heterocycles. The fourth-order valence-corrected chi connectivity index (χ4v) is 2.92. The Bertz CT molecular complexity index is 1120. The Hall–Kier alpha value is -3.39. The van der Waals surface area contributed by atoms with Gasteiger partial charge in [0, 0.05) is 31.3 Å². The number of nitrogens with one attached hydrogen (secondary N) is 1. The molecule has 144 valence electrons. The third kappa shape index (κ3) is 3.96. The Morgan fingerprint density at radius 1 is 1.29 bits per heavy atom. The quantitative estimate of drug-likeness (QED) is 0.536. The molecule has 0 aromatic carbocycles. The molecule has 4 rings (SSSR count). The topological polar surface area (TPSA) is 97.6 Å². The molecule has 0 unspecified atom stereocenters. The van der Waals surface area contributed by atoms with Crippen molar-refractivity contribution in [2.24, 2.45) is 0 Å². The molecule has 8 heteroatoms. The van der Waals surface area contributed by atoms with E-state index in [1.165, 1.54) is 0 Å². The highest BCUT2D eigenvalue weighted by Gasteiger charge is 2.16. The summed E-state index contributed by atoms with van der Waals surface area (Å²) in [6.07, 6.45) is 8.92. The molecule has 0 radical (unpaired) electrons. The van der Waals surface area contributed by atoms with Crippen LogP contribution in [-0.4, -0.2) is 35.8 Å². The van der Waals surface area contributed by atoms with Crippen LogP contribution in [0.5, 0.6) is 0 Å². The number of carbonyl (C=O) groups excluding carboxylic acids is 1. The highest BCUT2D eigenvalue weighted by molar-refractivity contribution is 5.92. The lowest BCUT2D eigenvalue weighted by molar-refractivity contribution is 0.0577. The number of fused-ring (bicyclic) bond motifs is 1. The molecule has 28 heavy (non-hydrogen) atoms. The van der Waals surface area contributed by atoms with Crippen LogP contribution in [0.25, 0.3) is 17.0 Å². The third-order valence-electron chi connectivity index (χ3n) is 4.21. The summed E-state index contributed by atoms with van der Waals surface area (Å²) in [5.74, 6) is 0.483. The molecule has 0 saturated heterocycles. The zero-order valence-electron chi connectivity index (χ0n) is 15.7. The minimum atomic E-state index is -0.864. The van der Waals surface area contributed by atoms with Crippen molar-refractivity contribution in [3.05, 3.63) is 66.6 Å². The average Bonchev–Trinajstić information content (AvgIpc) is 3.37. The first-order chi connectivity index (χ1) is 13.4. The molecule has 2 N–H and O–H groups in total. The van der Waals surface area contributed by atoms with Crippen LogP contribution in [0.4, 0.5) is 0 Å². The molecule has 0 bridgehead atoms. The van der Waals surface area contributed by atoms with Crippen LogP contribution < -0.4 is 5.32 Å². The van der Waals surface area contributed by atoms with E-state index in [2.05, 4.69) is 15.4 Å². The molecule has 1 amide bonds. The van der Waals surface area contributed by atoms with E-state index in [0.717, 1.165) is 16.8 Å². The number of aromatic nitrogens is 4. The molecule has 0 saturated carbocycles. The van der Waals surface area contributed by atoms with E-state index in [-0.39, 0.29) is 11.7 Å². The smallest absolute Gasteiger partial charge is 0.287 e. The minimum absolute atomic E-state index is 0.229. The number of rotatable bonds is 6. The van der Waals surface area contributed by atoms with Gasteiger partial charge in [-0.25, -0.2) is 4.98 Å². The second-order valence-electron chi connectivity index (χ2n) is 7.31. The molecule has 0 aliphatic carbocycles. The van der Waals surface area contributed by atoms with Gasteiger partial charge in [0.1, 0.15) is 11.4 Å². The monoisotopic (exact) mass is 379 g/mol. The van der Waals surface area contributed by atoms with Gasteiger partial charge in [-0.05, 0) is 43.7 Å². The summed E-state index contributed by atoms with van der Waals surface area (Å²) >= 11 is 0. The maximum Gasteiger partial charge on any atom is 0.287 e. The van der Waals surface area contributed by atoms with Crippen LogP contribution >= 0.6 is 0 Å². The Balaban J connectivity index is 1.41. The number of aliphatic hydroxyl groups is 1. The van der Waals surface area contributed by atoms with Gasteiger partial charge in [-0.1, -0.05) is 0 Å². The molecule has 0 atom stereocenters. The lowest BCUT2D eigenvalue weighted by atomic mass is 10.1. The first-order valence-corrected chi connectivity index (χ1v) is 8.92. The molecule has 0 aliphatic heterocycles. The second kappa shape index (κ2) is 6.97. The summed E-state index contributed by atoms with van der Waals surface area (Å²) in [5, 5.41) is 17.0. The van der Waals surface area contributed by atoms with Crippen LogP contribution in [0, 0.1) is 0 Å². The van der Waals surface area contributed by atoms with Crippen LogP contribution in [0.1, 0.15) is 30.0 Å². The number of hydrogen-bond donors (Lipinski definition) is 2. The van der Waals surface area contributed by atoms with Gasteiger partial charge in [-0.15, -0.1) is 0 Å². The molecule has 0 aliphatic rings. The van der Waals surface area contributed by atoms with Crippen LogP contribution in [-0.2, 0) is 13.1 Å². The summed E-state index contributed by atoms with van der Waals surface area (Å²) in [6.45, 7) is 4.17. The molecule has 8 nitrogen and oxygen atoms in total. The maximum absolute atomic E-state index is 12.4. The molecular weight excluding hydrogens is 358 g/mol. The van der Waals surface area contributed by atoms with Gasteiger partial charge >= 0.3 is 0 Å². The van der Waals surface area contributed by atoms with Crippen molar-refractivity contribution in [1.82, 2.24) is 24.5 Å². The first kappa shape index (κ1) is 18.0. The SMILES string of the molecule is CC(C)(O)Cn1cc(-c2ccc(C(=O)NCc3ccn4ccnc4c3)o2)cn1. The van der Waals surface area contributed by atoms with Crippen molar-refractivity contribution >= 4 is 11.6 Å². The van der Waals surface area contributed by atoms with Crippen molar-refractivity contribution < 1.29 is 14.3 Å². The molecule has 4 aromatic heterocycles. The van der Waals surface area contributed by atoms with Crippen molar-refractivity contribution in [1.29, 1.82) is 0 Å². The van der Waals surface area contributed by atoms with E-state index in [1.807, 2.05) is 28.9 Å². The Morgan fingerprint density at radius 3 is 2.96 bits per heavy atom. The third-order valence-corrected chi connectivity index (χ3v) is 4.21. The predicted octanol–water partition coefficient (Wildman–Crippen LogP) is 2.49. The fourth-order valence-electron chi connectivity index (χ4n) is 2.92. The van der Waals surface area contributed by atoms with Crippen LogP contribution in [0.3, 0.4) is 0 Å². The highest BCUT2D eigenvalue weighted by Crippen LogP contribution is 2.22. The van der Waals surface area contributed by atoms with E-state index in [0.29, 0.717) is 18.8 Å². The molecular formula is C20H21N5O3. The molecule has 0 spiro atoms. The number of carbonyl (C=O) groups is 1. The Labute approximate surface area is 161 Å².